The van der Waals surface area contributed by atoms with E-state index >= 15 is 0 Å². The number of hydrogen-bond donors (Lipinski definition) is 3. The molecule has 0 aromatic rings. The number of amides is 1. The lowest BCUT2D eigenvalue weighted by atomic mass is 9.92. The Morgan fingerprint density at radius 3 is 2.54 bits per heavy atom. The highest BCUT2D eigenvalue weighted by Crippen LogP contribution is 2.38. The predicted octanol–water partition coefficient (Wildman–Crippen LogP) is 0.278. The Hall–Kier alpha value is -1.15. The standard InChI is InChI=1S/C17H29N2O6P/c1-7-17(3,25-26(6)23)8-12-13(20)14(21)15(24-12)11-9-18(4)10(2)19(5)16(11)22/h9,12-15,20-21,23,26H,2,6-8H2,1,3-5H3/t12?,13?,14-,15?,17?/m1/s1. The first-order valence-corrected chi connectivity index (χ1v) is 10.1. The van der Waals surface area contributed by atoms with Crippen LogP contribution in [0.15, 0.2) is 24.2 Å². The SMILES string of the molecule is C=C1N(C)C=C(C2OC(CC(C)(CC)O[PH](=C)O)C(O)[C@H]2O)C(=O)N1C. The highest BCUT2D eigenvalue weighted by Gasteiger charge is 2.49. The molecule has 2 heterocycles. The molecule has 0 spiro atoms. The van der Waals surface area contributed by atoms with Crippen LogP contribution in [0.3, 0.4) is 0 Å². The lowest BCUT2D eigenvalue weighted by Crippen LogP contribution is -2.44. The third kappa shape index (κ3) is 4.06. The van der Waals surface area contributed by atoms with E-state index in [2.05, 4.69) is 12.9 Å². The molecule has 1 saturated heterocycles. The Labute approximate surface area is 154 Å². The van der Waals surface area contributed by atoms with Gasteiger partial charge >= 0.3 is 0 Å². The van der Waals surface area contributed by atoms with Crippen molar-refractivity contribution in [3.63, 3.8) is 0 Å². The van der Waals surface area contributed by atoms with E-state index in [1.165, 1.54) is 4.90 Å². The minimum absolute atomic E-state index is 0.250. The van der Waals surface area contributed by atoms with Gasteiger partial charge in [0.2, 0.25) is 0 Å². The van der Waals surface area contributed by atoms with Crippen molar-refractivity contribution < 1.29 is 29.2 Å². The van der Waals surface area contributed by atoms with Crippen molar-refractivity contribution >= 4 is 20.2 Å². The van der Waals surface area contributed by atoms with Crippen LogP contribution in [0.5, 0.6) is 0 Å². The van der Waals surface area contributed by atoms with Crippen LogP contribution in [-0.4, -0.2) is 81.2 Å². The van der Waals surface area contributed by atoms with Crippen molar-refractivity contribution in [3.8, 4) is 0 Å². The Morgan fingerprint density at radius 2 is 2.00 bits per heavy atom. The first kappa shape index (κ1) is 21.2. The number of rotatable bonds is 6. The van der Waals surface area contributed by atoms with Gasteiger partial charge in [0.25, 0.3) is 5.91 Å². The van der Waals surface area contributed by atoms with Crippen LogP contribution in [0.1, 0.15) is 26.7 Å². The van der Waals surface area contributed by atoms with Crippen molar-refractivity contribution in [2.75, 3.05) is 14.1 Å². The Morgan fingerprint density at radius 1 is 1.38 bits per heavy atom. The van der Waals surface area contributed by atoms with Gasteiger partial charge in [-0.15, -0.1) is 0 Å². The monoisotopic (exact) mass is 388 g/mol. The van der Waals surface area contributed by atoms with E-state index in [9.17, 15) is 19.9 Å². The van der Waals surface area contributed by atoms with Crippen LogP contribution in [-0.2, 0) is 14.1 Å². The third-order valence-corrected chi connectivity index (χ3v) is 5.82. The molecule has 2 aliphatic heterocycles. The largest absolute Gasteiger partial charge is 0.388 e. The van der Waals surface area contributed by atoms with Gasteiger partial charge in [-0.3, -0.25) is 9.69 Å². The average molecular weight is 388 g/mol. The van der Waals surface area contributed by atoms with Crippen LogP contribution in [0.2, 0.25) is 0 Å². The van der Waals surface area contributed by atoms with Gasteiger partial charge in [0.05, 0.1) is 17.3 Å². The first-order valence-electron chi connectivity index (χ1n) is 8.50. The molecule has 5 unspecified atom stereocenters. The summed E-state index contributed by atoms with van der Waals surface area (Å²) in [5.41, 5.74) is -0.502. The van der Waals surface area contributed by atoms with E-state index < -0.39 is 38.0 Å². The maximum absolute atomic E-state index is 12.5. The molecule has 148 valence electrons. The van der Waals surface area contributed by atoms with Gasteiger partial charge in [-0.2, -0.15) is 0 Å². The summed E-state index contributed by atoms with van der Waals surface area (Å²) in [5.74, 6) is 0.168. The Balaban J connectivity index is 2.22. The van der Waals surface area contributed by atoms with Crippen molar-refractivity contribution in [2.45, 2.75) is 56.7 Å². The topological polar surface area (TPSA) is 103 Å². The second-order valence-corrected chi connectivity index (χ2v) is 8.05. The molecule has 0 saturated carbocycles. The summed E-state index contributed by atoms with van der Waals surface area (Å²) in [7, 11) is 1.15. The van der Waals surface area contributed by atoms with Crippen LogP contribution >= 0.6 is 8.00 Å². The summed E-state index contributed by atoms with van der Waals surface area (Å²) < 4.78 is 11.4. The number of carbonyl (C=O) groups is 1. The smallest absolute Gasteiger partial charge is 0.259 e. The molecular formula is C17H29N2O6P. The van der Waals surface area contributed by atoms with E-state index in [1.54, 1.807) is 32.1 Å². The lowest BCUT2D eigenvalue weighted by molar-refractivity contribution is -0.128. The highest BCUT2D eigenvalue weighted by molar-refractivity contribution is 7.44. The lowest BCUT2D eigenvalue weighted by Gasteiger charge is -2.34. The van der Waals surface area contributed by atoms with E-state index in [-0.39, 0.29) is 17.9 Å². The van der Waals surface area contributed by atoms with Gasteiger partial charge < -0.3 is 29.3 Å². The molecular weight excluding hydrogens is 359 g/mol. The second-order valence-electron chi connectivity index (χ2n) is 7.06. The number of likely N-dealkylation sites (N-methyl/N-ethyl adjacent to an activating group) is 1. The molecule has 8 nitrogen and oxygen atoms in total. The van der Waals surface area contributed by atoms with E-state index in [1.807, 2.05) is 6.92 Å². The zero-order valence-corrected chi connectivity index (χ0v) is 16.7. The minimum Gasteiger partial charge on any atom is -0.388 e. The van der Waals surface area contributed by atoms with Gasteiger partial charge in [0.1, 0.15) is 32.1 Å². The molecule has 0 aromatic carbocycles. The maximum atomic E-state index is 12.5. The number of hydrogen-bond acceptors (Lipinski definition) is 7. The zero-order chi connectivity index (χ0) is 19.8. The Bertz CT molecular complexity index is 639. The zero-order valence-electron chi connectivity index (χ0n) is 15.7. The van der Waals surface area contributed by atoms with Gasteiger partial charge in [-0.1, -0.05) is 19.8 Å². The molecule has 1 fully saturated rings. The summed E-state index contributed by atoms with van der Waals surface area (Å²) in [4.78, 5) is 25.1. The minimum atomic E-state index is -2.18. The predicted molar refractivity (Wildman–Crippen MR) is 100 cm³/mol. The molecule has 26 heavy (non-hydrogen) atoms. The molecule has 0 aromatic heterocycles. The molecule has 1 amide bonds. The van der Waals surface area contributed by atoms with E-state index in [0.717, 1.165) is 0 Å². The molecule has 2 rings (SSSR count). The molecule has 0 aliphatic carbocycles. The number of carbonyl (C=O) groups excluding carboxylic acids is 1. The van der Waals surface area contributed by atoms with E-state index in [0.29, 0.717) is 12.2 Å². The summed E-state index contributed by atoms with van der Waals surface area (Å²) in [6.07, 6.45) is 1.77. The normalized spacial score (nSPS) is 33.3. The van der Waals surface area contributed by atoms with Crippen molar-refractivity contribution in [3.05, 3.63) is 24.2 Å². The molecule has 0 radical (unpaired) electrons. The fraction of sp³-hybridized carbons (Fsp3) is 0.647. The summed E-state index contributed by atoms with van der Waals surface area (Å²) >= 11 is 0. The summed E-state index contributed by atoms with van der Waals surface area (Å²) in [5, 5.41) is 20.9. The molecule has 6 atom stereocenters. The molecule has 9 heteroatoms. The first-order chi connectivity index (χ1) is 12.0. The van der Waals surface area contributed by atoms with Crippen molar-refractivity contribution in [1.29, 1.82) is 0 Å². The summed E-state index contributed by atoms with van der Waals surface area (Å²) in [6, 6.07) is 0. The average Bonchev–Trinajstić information content (AvgIpc) is 2.83. The Kier molecular flexibility index (Phi) is 6.38. The van der Waals surface area contributed by atoms with Crippen LogP contribution in [0, 0.1) is 0 Å². The fourth-order valence-corrected chi connectivity index (χ4v) is 4.02. The number of nitrogens with zero attached hydrogens (tertiary/aromatic N) is 2. The molecule has 3 N–H and O–H groups in total. The maximum Gasteiger partial charge on any atom is 0.259 e. The number of ether oxygens (including phenoxy) is 1. The van der Waals surface area contributed by atoms with Gasteiger partial charge in [-0.25, -0.2) is 0 Å². The van der Waals surface area contributed by atoms with Crippen molar-refractivity contribution in [2.24, 2.45) is 0 Å². The quantitative estimate of drug-likeness (QED) is 0.562. The summed E-state index contributed by atoms with van der Waals surface area (Å²) in [6.45, 7) is 7.50. The molecule has 2 aliphatic rings. The molecule has 0 bridgehead atoms. The van der Waals surface area contributed by atoms with Crippen LogP contribution in [0.4, 0.5) is 0 Å². The highest BCUT2D eigenvalue weighted by atomic mass is 31.1. The number of aliphatic hydroxyl groups is 2. The van der Waals surface area contributed by atoms with Crippen LogP contribution < -0.4 is 0 Å². The van der Waals surface area contributed by atoms with Gasteiger partial charge in [0, 0.05) is 26.7 Å². The van der Waals surface area contributed by atoms with Gasteiger partial charge in [-0.05, 0) is 13.3 Å². The van der Waals surface area contributed by atoms with Crippen molar-refractivity contribution in [1.82, 2.24) is 9.80 Å². The fourth-order valence-electron chi connectivity index (χ4n) is 3.22. The number of aliphatic hydroxyl groups excluding tert-OH is 2. The third-order valence-electron chi connectivity index (χ3n) is 5.09. The van der Waals surface area contributed by atoms with Crippen LogP contribution in [0.25, 0.3) is 0 Å². The van der Waals surface area contributed by atoms with E-state index in [4.69, 9.17) is 9.26 Å². The van der Waals surface area contributed by atoms with Gasteiger partial charge in [0.15, 0.2) is 0 Å². The second kappa shape index (κ2) is 7.84.